The molecule has 2 rings (SSSR count). The molecule has 0 unspecified atom stereocenters. The minimum atomic E-state index is -0.385. The molecule has 0 atom stereocenters. The first kappa shape index (κ1) is 14.5. The topological polar surface area (TPSA) is 79.8 Å². The van der Waals surface area contributed by atoms with E-state index in [1.165, 1.54) is 6.20 Å². The normalized spacial score (nSPS) is 10.6. The summed E-state index contributed by atoms with van der Waals surface area (Å²) in [6.07, 6.45) is 5.65. The first-order chi connectivity index (χ1) is 9.50. The Bertz CT molecular complexity index is 690. The molecule has 0 bridgehead atoms. The van der Waals surface area contributed by atoms with E-state index in [0.717, 1.165) is 5.69 Å². The van der Waals surface area contributed by atoms with E-state index in [9.17, 15) is 9.59 Å². The van der Waals surface area contributed by atoms with Crippen LogP contribution in [0.4, 0.5) is 0 Å². The van der Waals surface area contributed by atoms with Gasteiger partial charge >= 0.3 is 0 Å². The number of hydrogen-bond acceptors (Lipinski definition) is 3. The van der Waals surface area contributed by atoms with Crippen molar-refractivity contribution >= 4 is 21.8 Å². The van der Waals surface area contributed by atoms with Crippen LogP contribution in [0.5, 0.6) is 0 Å². The Morgan fingerprint density at radius 2 is 2.30 bits per heavy atom. The summed E-state index contributed by atoms with van der Waals surface area (Å²) in [5, 5.41) is 2.75. The predicted molar refractivity (Wildman–Crippen MR) is 78.7 cm³/mol. The van der Waals surface area contributed by atoms with Gasteiger partial charge in [-0.2, -0.15) is 0 Å². The van der Waals surface area contributed by atoms with Crippen molar-refractivity contribution in [2.45, 2.75) is 13.3 Å². The molecule has 0 aromatic carbocycles. The highest BCUT2D eigenvalue weighted by atomic mass is 79.9. The summed E-state index contributed by atoms with van der Waals surface area (Å²) in [4.78, 5) is 30.3. The van der Waals surface area contributed by atoms with Gasteiger partial charge < -0.3 is 14.9 Å². The van der Waals surface area contributed by atoms with Gasteiger partial charge in [-0.15, -0.1) is 0 Å². The van der Waals surface area contributed by atoms with Gasteiger partial charge in [0.1, 0.15) is 5.56 Å². The monoisotopic (exact) mass is 338 g/mol. The molecular weight excluding hydrogens is 324 g/mol. The lowest BCUT2D eigenvalue weighted by Crippen LogP contribution is -2.32. The van der Waals surface area contributed by atoms with Crippen molar-refractivity contribution < 1.29 is 4.79 Å². The lowest BCUT2D eigenvalue weighted by atomic mass is 10.1. The Morgan fingerprint density at radius 3 is 2.95 bits per heavy atom. The first-order valence-electron chi connectivity index (χ1n) is 6.12. The van der Waals surface area contributed by atoms with Crippen LogP contribution in [0.2, 0.25) is 0 Å². The molecule has 0 saturated carbocycles. The molecule has 2 N–H and O–H groups in total. The number of amides is 1. The SMILES string of the molecule is Cc1c(Br)c[nH]c(=O)c1C(=O)NCCc1cncn1C. The number of aromatic nitrogens is 3. The van der Waals surface area contributed by atoms with E-state index in [0.29, 0.717) is 23.0 Å². The van der Waals surface area contributed by atoms with Gasteiger partial charge in [-0.25, -0.2) is 4.98 Å². The summed E-state index contributed by atoms with van der Waals surface area (Å²) < 4.78 is 2.59. The zero-order valence-electron chi connectivity index (χ0n) is 11.2. The quantitative estimate of drug-likeness (QED) is 0.877. The highest BCUT2D eigenvalue weighted by molar-refractivity contribution is 9.10. The summed E-state index contributed by atoms with van der Waals surface area (Å²) in [6.45, 7) is 2.18. The van der Waals surface area contributed by atoms with Crippen molar-refractivity contribution in [1.82, 2.24) is 19.9 Å². The molecule has 106 valence electrons. The molecule has 0 saturated heterocycles. The Kier molecular flexibility index (Phi) is 4.39. The van der Waals surface area contributed by atoms with E-state index in [-0.39, 0.29) is 17.0 Å². The van der Waals surface area contributed by atoms with Gasteiger partial charge in [-0.05, 0) is 28.4 Å². The van der Waals surface area contributed by atoms with Crippen molar-refractivity contribution in [3.8, 4) is 0 Å². The molecule has 1 amide bonds. The number of aryl methyl sites for hydroxylation is 1. The van der Waals surface area contributed by atoms with E-state index in [2.05, 4.69) is 31.2 Å². The molecule has 0 spiro atoms. The number of aromatic amines is 1. The summed E-state index contributed by atoms with van der Waals surface area (Å²) in [6, 6.07) is 0. The van der Waals surface area contributed by atoms with Crippen LogP contribution in [0.25, 0.3) is 0 Å². The van der Waals surface area contributed by atoms with Crippen LogP contribution in [0.3, 0.4) is 0 Å². The fourth-order valence-electron chi connectivity index (χ4n) is 1.89. The average Bonchev–Trinajstić information content (AvgIpc) is 2.80. The van der Waals surface area contributed by atoms with Crippen LogP contribution in [0.1, 0.15) is 21.6 Å². The molecule has 0 aliphatic rings. The van der Waals surface area contributed by atoms with Gasteiger partial charge in [0, 0.05) is 42.6 Å². The Hall–Kier alpha value is -1.89. The third-order valence-corrected chi connectivity index (χ3v) is 3.92. The number of halogens is 1. The molecule has 2 heterocycles. The Balaban J connectivity index is 2.05. The molecule has 7 heteroatoms. The number of carbonyl (C=O) groups excluding carboxylic acids is 1. The van der Waals surface area contributed by atoms with Gasteiger partial charge in [-0.3, -0.25) is 9.59 Å². The second kappa shape index (κ2) is 6.04. The number of hydrogen-bond donors (Lipinski definition) is 2. The highest BCUT2D eigenvalue weighted by Crippen LogP contribution is 2.15. The summed E-state index contributed by atoms with van der Waals surface area (Å²) in [5.41, 5.74) is 1.41. The predicted octanol–water partition coefficient (Wildman–Crippen LogP) is 1.15. The van der Waals surface area contributed by atoms with Crippen LogP contribution in [-0.2, 0) is 13.5 Å². The van der Waals surface area contributed by atoms with E-state index in [1.807, 2.05) is 11.6 Å². The second-order valence-corrected chi connectivity index (χ2v) is 5.32. The number of rotatable bonds is 4. The molecule has 2 aromatic heterocycles. The molecule has 0 aliphatic carbocycles. The van der Waals surface area contributed by atoms with Crippen molar-refractivity contribution in [2.24, 2.45) is 7.05 Å². The molecule has 0 radical (unpaired) electrons. The summed E-state index contributed by atoms with van der Waals surface area (Å²) in [5.74, 6) is -0.368. The maximum absolute atomic E-state index is 12.1. The number of pyridine rings is 1. The highest BCUT2D eigenvalue weighted by Gasteiger charge is 2.15. The number of nitrogens with zero attached hydrogens (tertiary/aromatic N) is 2. The fraction of sp³-hybridized carbons (Fsp3) is 0.308. The standard InChI is InChI=1S/C13H15BrN4O2/c1-8-10(14)6-17-13(20)11(8)12(19)16-4-3-9-5-15-7-18(9)2/h5-7H,3-4H2,1-2H3,(H,16,19)(H,17,20). The van der Waals surface area contributed by atoms with Crippen molar-refractivity contribution in [1.29, 1.82) is 0 Å². The third-order valence-electron chi connectivity index (χ3n) is 3.10. The van der Waals surface area contributed by atoms with Gasteiger partial charge in [0.15, 0.2) is 0 Å². The van der Waals surface area contributed by atoms with Gasteiger partial charge in [0.2, 0.25) is 0 Å². The van der Waals surface area contributed by atoms with Crippen LogP contribution in [0, 0.1) is 6.92 Å². The van der Waals surface area contributed by atoms with Crippen LogP contribution < -0.4 is 10.9 Å². The number of carbonyl (C=O) groups is 1. The zero-order valence-corrected chi connectivity index (χ0v) is 12.8. The van der Waals surface area contributed by atoms with Gasteiger partial charge in [0.05, 0.1) is 6.33 Å². The van der Waals surface area contributed by atoms with E-state index in [4.69, 9.17) is 0 Å². The van der Waals surface area contributed by atoms with Crippen molar-refractivity contribution in [2.75, 3.05) is 6.54 Å². The fourth-order valence-corrected chi connectivity index (χ4v) is 2.20. The average molecular weight is 339 g/mol. The molecule has 2 aromatic rings. The zero-order chi connectivity index (χ0) is 14.7. The molecule has 0 aliphatic heterocycles. The maximum atomic E-state index is 12.1. The minimum absolute atomic E-state index is 0.143. The van der Waals surface area contributed by atoms with Crippen LogP contribution in [-0.4, -0.2) is 27.0 Å². The van der Waals surface area contributed by atoms with Crippen LogP contribution in [0.15, 0.2) is 28.0 Å². The molecule has 0 fully saturated rings. The second-order valence-electron chi connectivity index (χ2n) is 4.47. The Morgan fingerprint density at radius 1 is 1.55 bits per heavy atom. The summed E-state index contributed by atoms with van der Waals surface area (Å²) in [7, 11) is 1.90. The maximum Gasteiger partial charge on any atom is 0.261 e. The number of H-pyrrole nitrogens is 1. The molecule has 20 heavy (non-hydrogen) atoms. The smallest absolute Gasteiger partial charge is 0.261 e. The largest absolute Gasteiger partial charge is 0.351 e. The number of imidazole rings is 1. The van der Waals surface area contributed by atoms with Crippen LogP contribution >= 0.6 is 15.9 Å². The van der Waals surface area contributed by atoms with E-state index < -0.39 is 0 Å². The van der Waals surface area contributed by atoms with Gasteiger partial charge in [-0.1, -0.05) is 0 Å². The first-order valence-corrected chi connectivity index (χ1v) is 6.91. The van der Waals surface area contributed by atoms with E-state index in [1.54, 1.807) is 19.4 Å². The minimum Gasteiger partial charge on any atom is -0.351 e. The van der Waals surface area contributed by atoms with Crippen molar-refractivity contribution in [3.05, 3.63) is 50.4 Å². The van der Waals surface area contributed by atoms with Crippen molar-refractivity contribution in [3.63, 3.8) is 0 Å². The van der Waals surface area contributed by atoms with Gasteiger partial charge in [0.25, 0.3) is 11.5 Å². The summed E-state index contributed by atoms with van der Waals surface area (Å²) >= 11 is 3.30. The number of nitrogens with one attached hydrogen (secondary N) is 2. The van der Waals surface area contributed by atoms with E-state index >= 15 is 0 Å². The molecule has 6 nitrogen and oxygen atoms in total. The third kappa shape index (κ3) is 2.98. The lowest BCUT2D eigenvalue weighted by Gasteiger charge is -2.08. The lowest BCUT2D eigenvalue weighted by molar-refractivity contribution is 0.0951. The Labute approximate surface area is 124 Å². The molecular formula is C13H15BrN4O2.